The molecule has 0 spiro atoms. The first-order chi connectivity index (χ1) is 47.8. The highest BCUT2D eigenvalue weighted by molar-refractivity contribution is 8.10. The van der Waals surface area contributed by atoms with Gasteiger partial charge in [-0.2, -0.15) is 13.2 Å². The Balaban J connectivity index is 1.32. The van der Waals surface area contributed by atoms with Crippen LogP contribution >= 0.6 is 34.7 Å². The van der Waals surface area contributed by atoms with E-state index in [1.807, 2.05) is 60.7 Å². The van der Waals surface area contributed by atoms with E-state index in [4.69, 9.17) is 35.0 Å². The summed E-state index contributed by atoms with van der Waals surface area (Å²) in [5.41, 5.74) is 16.4. The number of halogens is 4. The topological polar surface area (TPSA) is 50.1 Å². The smallest absolute Gasteiger partial charge is 0.416 e. The molecule has 0 aliphatic carbocycles. The predicted molar refractivity (Wildman–Crippen MR) is 404 cm³/mol. The number of hydrogen-bond acceptors (Lipinski definition) is 7. The van der Waals surface area contributed by atoms with Crippen LogP contribution in [0, 0.1) is 13.8 Å². The fourth-order valence-corrected chi connectivity index (χ4v) is 17.5. The van der Waals surface area contributed by atoms with Crippen LogP contribution in [0.1, 0.15) is 95.8 Å². The third-order valence-corrected chi connectivity index (χ3v) is 22.4. The van der Waals surface area contributed by atoms with Crippen LogP contribution in [0.2, 0.25) is 5.02 Å². The Morgan fingerprint density at radius 2 is 1.00 bits per heavy atom. The summed E-state index contributed by atoms with van der Waals surface area (Å²) in [5, 5.41) is 0.580. The lowest BCUT2D eigenvalue weighted by Crippen LogP contribution is -2.46. The van der Waals surface area contributed by atoms with Crippen LogP contribution in [0.3, 0.4) is 0 Å². The zero-order chi connectivity index (χ0) is 69.1. The molecule has 5 nitrogen and oxygen atoms in total. The van der Waals surface area contributed by atoms with E-state index >= 15 is 0 Å². The molecule has 0 unspecified atom stereocenters. The molecule has 0 saturated carbocycles. The van der Waals surface area contributed by atoms with Crippen molar-refractivity contribution in [1.82, 2.24) is 0 Å². The molecule has 0 saturated heterocycles. The van der Waals surface area contributed by atoms with Crippen molar-refractivity contribution in [2.75, 3.05) is 21.3 Å². The molecule has 0 bridgehead atoms. The molecule has 12 aromatic rings. The van der Waals surface area contributed by atoms with Gasteiger partial charge in [0.05, 0.1) is 31.6 Å². The average molecular weight is 1370 g/mol. The molecule has 11 aromatic carbocycles. The van der Waals surface area contributed by atoms with Crippen LogP contribution in [0.5, 0.6) is 23.0 Å². The van der Waals surface area contributed by atoms with E-state index in [2.05, 4.69) is 206 Å². The van der Waals surface area contributed by atoms with E-state index in [1.54, 1.807) is 56.6 Å². The van der Waals surface area contributed by atoms with Crippen molar-refractivity contribution >= 4 is 55.5 Å². The normalized spacial score (nSPS) is 15.7. The van der Waals surface area contributed by atoms with E-state index in [0.717, 1.165) is 139 Å². The number of fused-ring (bicyclic) bond motifs is 4. The number of ether oxygens (including phenoxy) is 4. The molecule has 11 heteroatoms. The molecule has 0 fully saturated rings. The van der Waals surface area contributed by atoms with Crippen LogP contribution in [-0.4, -0.2) is 21.3 Å². The van der Waals surface area contributed by atoms with Gasteiger partial charge < -0.3 is 23.4 Å². The van der Waals surface area contributed by atoms with Gasteiger partial charge in [0.1, 0.15) is 33.5 Å². The summed E-state index contributed by atoms with van der Waals surface area (Å²) in [6, 6.07) is 81.7. The van der Waals surface area contributed by atoms with Gasteiger partial charge in [-0.1, -0.05) is 239 Å². The van der Waals surface area contributed by atoms with Crippen LogP contribution in [0.25, 0.3) is 87.0 Å². The van der Waals surface area contributed by atoms with Crippen molar-refractivity contribution in [3.05, 3.63) is 309 Å². The first kappa shape index (κ1) is 66.5. The largest absolute Gasteiger partial charge is 0.497 e. The number of alkyl halides is 3. The summed E-state index contributed by atoms with van der Waals surface area (Å²) < 4.78 is 80.0. The molecular weight excluding hydrogens is 1290 g/mol. The van der Waals surface area contributed by atoms with Gasteiger partial charge in [-0.05, 0) is 148 Å². The fraction of sp³-hybridized carbons (Fsp3) is 0.182. The Labute approximate surface area is 590 Å². The molecule has 0 amide bonds. The minimum Gasteiger partial charge on any atom is -0.497 e. The maximum absolute atomic E-state index is 14.9. The van der Waals surface area contributed by atoms with Gasteiger partial charge in [0, 0.05) is 65.4 Å². The fourth-order valence-electron chi connectivity index (χ4n) is 14.1. The molecule has 3 heterocycles. The van der Waals surface area contributed by atoms with Crippen molar-refractivity contribution in [1.29, 1.82) is 0 Å². The van der Waals surface area contributed by atoms with E-state index < -0.39 is 22.1 Å². The molecule has 2 atom stereocenters. The van der Waals surface area contributed by atoms with Crippen LogP contribution in [-0.2, 0) is 34.8 Å². The Morgan fingerprint density at radius 3 is 1.57 bits per heavy atom. The van der Waals surface area contributed by atoms with Gasteiger partial charge in [-0.3, -0.25) is 0 Å². The van der Waals surface area contributed by atoms with Crippen LogP contribution in [0.15, 0.2) is 247 Å². The second-order valence-electron chi connectivity index (χ2n) is 26.4. The minimum atomic E-state index is -4.59. The molecular formula is C88H74ClF3O5S2. The Hall–Kier alpha value is -9.71. The number of rotatable bonds is 15. The van der Waals surface area contributed by atoms with Gasteiger partial charge in [-0.25, -0.2) is 0 Å². The van der Waals surface area contributed by atoms with Gasteiger partial charge in [-0.15, -0.1) is 23.1 Å². The Bertz CT molecular complexity index is 5090. The predicted octanol–water partition coefficient (Wildman–Crippen LogP) is 25.2. The SMILES string of the molecule is CCc1ccc(-c2c3c(c(-c4ccc(CC)cc4)c4sc(-c5ccc(Cl)cc5)c(-c5ccc(C)cc5)c(-c5cc(OC)cc(OC)c5)c(-c5cccc(C)c5)oc24)O[C@@]2(c4ccc(OC)cc4)C(c4ccccc4)=C(c4ccc(C(F)(F)F)cc4)S[C@@]32c2ccc(C(C)(C)C)cc2)cc1. The van der Waals surface area contributed by atoms with Crippen LogP contribution in [0.4, 0.5) is 13.2 Å². The molecule has 14 rings (SSSR count). The highest BCUT2D eigenvalue weighted by Crippen LogP contribution is 2.78. The molecule has 2 aliphatic rings. The first-order valence-corrected chi connectivity index (χ1v) is 35.3. The third-order valence-electron chi connectivity index (χ3n) is 19.3. The number of thioether (sulfide) groups is 1. The maximum Gasteiger partial charge on any atom is 0.416 e. The second-order valence-corrected chi connectivity index (χ2v) is 29.1. The summed E-state index contributed by atoms with van der Waals surface area (Å²) in [4.78, 5) is 1.63. The Kier molecular flexibility index (Phi) is 17.8. The molecule has 1 aromatic heterocycles. The molecule has 496 valence electrons. The maximum atomic E-state index is 14.9. The van der Waals surface area contributed by atoms with E-state index in [-0.39, 0.29) is 5.41 Å². The van der Waals surface area contributed by atoms with E-state index in [1.165, 1.54) is 12.1 Å². The molecule has 2 aliphatic heterocycles. The zero-order valence-corrected chi connectivity index (χ0v) is 59.3. The summed E-state index contributed by atoms with van der Waals surface area (Å²) in [6.45, 7) is 15.2. The van der Waals surface area contributed by atoms with Crippen LogP contribution < -0.4 is 18.9 Å². The third kappa shape index (κ3) is 11.9. The summed E-state index contributed by atoms with van der Waals surface area (Å²) in [5.74, 6) is 2.95. The van der Waals surface area contributed by atoms with E-state index in [0.29, 0.717) is 44.9 Å². The average Bonchev–Trinajstić information content (AvgIpc) is 1.48. The lowest BCUT2D eigenvalue weighted by atomic mass is 9.67. The highest BCUT2D eigenvalue weighted by Gasteiger charge is 2.71. The molecule has 0 radical (unpaired) electrons. The van der Waals surface area contributed by atoms with Crippen molar-refractivity contribution < 1.29 is 36.5 Å². The van der Waals surface area contributed by atoms with Crippen molar-refractivity contribution in [3.8, 4) is 89.3 Å². The zero-order valence-electron chi connectivity index (χ0n) is 56.9. The van der Waals surface area contributed by atoms with Gasteiger partial charge in [0.15, 0.2) is 11.2 Å². The lowest BCUT2D eigenvalue weighted by Gasteiger charge is -2.42. The summed E-state index contributed by atoms with van der Waals surface area (Å²) in [7, 11) is 4.99. The molecule has 0 N–H and O–H groups in total. The van der Waals surface area contributed by atoms with Crippen molar-refractivity contribution in [2.24, 2.45) is 0 Å². The van der Waals surface area contributed by atoms with E-state index in [9.17, 15) is 13.2 Å². The summed E-state index contributed by atoms with van der Waals surface area (Å²) >= 11 is 10.2. The van der Waals surface area contributed by atoms with Gasteiger partial charge in [0.2, 0.25) is 0 Å². The monoisotopic (exact) mass is 1370 g/mol. The standard InChI is InChI=1S/C88H74ClF3O5S2/c1-11-55-23-29-58(30-24-55)75-78-80(97-86(66-43-47-70(93-8)48-44-66)77(60-18-14-13-15-19-60)83(62-33-37-68(38-34-62)88(90,91)92)99-87(78,86)67-41-39-65(40-42-67)85(5,6)7)76(59-31-25-56(12-2)26-32-59)84-81(75)96-79(63-20-16-17-54(4)49-63)73(64-50-71(94-9)52-72(51-64)95-10)74(57-27-21-53(3)22-28-57)82(98-84)61-35-45-69(89)46-36-61/h13-52H,11-12H2,1-10H3/t86-,87-/m0/s1. The summed E-state index contributed by atoms with van der Waals surface area (Å²) in [6.07, 6.45) is -3.01. The van der Waals surface area contributed by atoms with Crippen molar-refractivity contribution in [2.45, 2.75) is 83.2 Å². The quantitative estimate of drug-likeness (QED) is 0.102. The number of benzene rings is 11. The Morgan fingerprint density at radius 1 is 0.465 bits per heavy atom. The number of aryl methyl sites for hydroxylation is 4. The second kappa shape index (κ2) is 26.5. The number of methoxy groups -OCH3 is 3. The lowest BCUT2D eigenvalue weighted by molar-refractivity contribution is -0.137. The number of hydrogen-bond donors (Lipinski definition) is 0. The minimum absolute atomic E-state index is 0.254. The first-order valence-electron chi connectivity index (χ1n) is 33.3. The highest BCUT2D eigenvalue weighted by atomic mass is 35.5. The van der Waals surface area contributed by atoms with Crippen molar-refractivity contribution in [3.63, 3.8) is 0 Å². The van der Waals surface area contributed by atoms with Gasteiger partial charge >= 0.3 is 6.18 Å². The molecule has 99 heavy (non-hydrogen) atoms. The van der Waals surface area contributed by atoms with Gasteiger partial charge in [0.25, 0.3) is 0 Å².